The lowest BCUT2D eigenvalue weighted by Crippen LogP contribution is -2.42. The molecule has 1 aliphatic heterocycles. The first-order valence-electron chi connectivity index (χ1n) is 10.9. The summed E-state index contributed by atoms with van der Waals surface area (Å²) in [6, 6.07) is 8.38. The van der Waals surface area contributed by atoms with Crippen molar-refractivity contribution in [2.75, 3.05) is 24.2 Å². The third kappa shape index (κ3) is 4.87. The number of aryl methyl sites for hydroxylation is 1. The molecular formula is C23H27FN4O3S2. The van der Waals surface area contributed by atoms with Gasteiger partial charge in [-0.05, 0) is 63.9 Å². The van der Waals surface area contributed by atoms with Crippen molar-refractivity contribution in [2.24, 2.45) is 5.92 Å². The SMILES string of the molecule is CCS(=O)(=O)N1CCC(C(=O)Nc2nc(-c3cc(C)n(-c4ccc(F)cc4)c3C)cs2)CC1. The summed E-state index contributed by atoms with van der Waals surface area (Å²) >= 11 is 1.36. The minimum absolute atomic E-state index is 0.0769. The summed E-state index contributed by atoms with van der Waals surface area (Å²) in [5.41, 5.74) is 4.57. The summed E-state index contributed by atoms with van der Waals surface area (Å²) in [5.74, 6) is -0.558. The molecule has 0 atom stereocenters. The smallest absolute Gasteiger partial charge is 0.229 e. The molecule has 1 saturated heterocycles. The van der Waals surface area contributed by atoms with Crippen LogP contribution in [-0.2, 0) is 14.8 Å². The lowest BCUT2D eigenvalue weighted by atomic mass is 9.97. The number of nitrogens with one attached hydrogen (secondary N) is 1. The highest BCUT2D eigenvalue weighted by Crippen LogP contribution is 2.32. The van der Waals surface area contributed by atoms with Gasteiger partial charge in [-0.3, -0.25) is 4.79 Å². The molecular weight excluding hydrogens is 463 g/mol. The molecule has 3 aromatic rings. The molecule has 0 bridgehead atoms. The van der Waals surface area contributed by atoms with E-state index >= 15 is 0 Å². The first-order valence-corrected chi connectivity index (χ1v) is 13.4. The van der Waals surface area contributed by atoms with Gasteiger partial charge in [0.15, 0.2) is 5.13 Å². The first-order chi connectivity index (χ1) is 15.7. The topological polar surface area (TPSA) is 84.3 Å². The summed E-state index contributed by atoms with van der Waals surface area (Å²) in [7, 11) is -3.21. The second kappa shape index (κ2) is 9.36. The van der Waals surface area contributed by atoms with Gasteiger partial charge in [0.25, 0.3) is 0 Å². The first kappa shape index (κ1) is 23.6. The van der Waals surface area contributed by atoms with Gasteiger partial charge < -0.3 is 9.88 Å². The number of carbonyl (C=O) groups excluding carboxylic acids is 1. The fourth-order valence-electron chi connectivity index (χ4n) is 4.25. The Kier molecular flexibility index (Phi) is 6.69. The molecule has 2 aromatic heterocycles. The fraction of sp³-hybridized carbons (Fsp3) is 0.391. The van der Waals surface area contributed by atoms with E-state index in [1.54, 1.807) is 19.1 Å². The van der Waals surface area contributed by atoms with Crippen LogP contribution in [0.3, 0.4) is 0 Å². The number of hydrogen-bond donors (Lipinski definition) is 1. The Hall–Kier alpha value is -2.56. The molecule has 0 spiro atoms. The number of sulfonamides is 1. The largest absolute Gasteiger partial charge is 0.318 e. The zero-order valence-corrected chi connectivity index (χ0v) is 20.5. The molecule has 10 heteroatoms. The number of amides is 1. The van der Waals surface area contributed by atoms with Crippen LogP contribution in [0.1, 0.15) is 31.2 Å². The van der Waals surface area contributed by atoms with Crippen molar-refractivity contribution >= 4 is 32.4 Å². The summed E-state index contributed by atoms with van der Waals surface area (Å²) in [6.07, 6.45) is 1.00. The highest BCUT2D eigenvalue weighted by atomic mass is 32.2. The van der Waals surface area contributed by atoms with Gasteiger partial charge in [0.05, 0.1) is 11.4 Å². The average Bonchev–Trinajstić information content (AvgIpc) is 3.38. The Morgan fingerprint density at radius 2 is 1.88 bits per heavy atom. The molecule has 0 unspecified atom stereocenters. The highest BCUT2D eigenvalue weighted by molar-refractivity contribution is 7.89. The van der Waals surface area contributed by atoms with E-state index in [1.807, 2.05) is 29.9 Å². The summed E-state index contributed by atoms with van der Waals surface area (Å²) in [5, 5.41) is 5.32. The van der Waals surface area contributed by atoms with E-state index in [2.05, 4.69) is 10.3 Å². The summed E-state index contributed by atoms with van der Waals surface area (Å²) in [6.45, 7) is 6.34. The van der Waals surface area contributed by atoms with E-state index in [0.717, 1.165) is 28.3 Å². The predicted molar refractivity (Wildman–Crippen MR) is 129 cm³/mol. The zero-order valence-electron chi connectivity index (χ0n) is 18.8. The van der Waals surface area contributed by atoms with E-state index in [-0.39, 0.29) is 23.4 Å². The van der Waals surface area contributed by atoms with Crippen molar-refractivity contribution in [2.45, 2.75) is 33.6 Å². The Bertz CT molecular complexity index is 1260. The molecule has 3 heterocycles. The highest BCUT2D eigenvalue weighted by Gasteiger charge is 2.30. The number of benzene rings is 1. The molecule has 1 aromatic carbocycles. The second-order valence-corrected chi connectivity index (χ2v) is 11.3. The molecule has 4 rings (SSSR count). The van der Waals surface area contributed by atoms with E-state index in [4.69, 9.17) is 0 Å². The van der Waals surface area contributed by atoms with Gasteiger partial charge in [0.1, 0.15) is 5.82 Å². The van der Waals surface area contributed by atoms with E-state index in [1.165, 1.54) is 27.8 Å². The van der Waals surface area contributed by atoms with Crippen molar-refractivity contribution in [3.05, 3.63) is 52.9 Å². The molecule has 0 aliphatic carbocycles. The van der Waals surface area contributed by atoms with Crippen molar-refractivity contribution in [1.29, 1.82) is 0 Å². The zero-order chi connectivity index (χ0) is 23.8. The number of hydrogen-bond acceptors (Lipinski definition) is 5. The van der Waals surface area contributed by atoms with E-state index in [0.29, 0.717) is 31.1 Å². The van der Waals surface area contributed by atoms with Crippen LogP contribution >= 0.6 is 11.3 Å². The maximum atomic E-state index is 13.3. The Labute approximate surface area is 197 Å². The number of aromatic nitrogens is 2. The van der Waals surface area contributed by atoms with Crippen LogP contribution in [0.15, 0.2) is 35.7 Å². The average molecular weight is 491 g/mol. The van der Waals surface area contributed by atoms with Gasteiger partial charge in [-0.25, -0.2) is 22.1 Å². The van der Waals surface area contributed by atoms with Crippen LogP contribution in [0.2, 0.25) is 0 Å². The van der Waals surface area contributed by atoms with Gasteiger partial charge in [-0.2, -0.15) is 0 Å². The number of nitrogens with zero attached hydrogens (tertiary/aromatic N) is 3. The number of thiazole rings is 1. The lowest BCUT2D eigenvalue weighted by molar-refractivity contribution is -0.120. The molecule has 176 valence electrons. The maximum Gasteiger partial charge on any atom is 0.229 e. The van der Waals surface area contributed by atoms with Gasteiger partial charge in [-0.15, -0.1) is 11.3 Å². The second-order valence-electron chi connectivity index (χ2n) is 8.20. The number of rotatable bonds is 6. The molecule has 1 fully saturated rings. The van der Waals surface area contributed by atoms with Gasteiger partial charge in [0.2, 0.25) is 15.9 Å². The van der Waals surface area contributed by atoms with Crippen LogP contribution in [0.25, 0.3) is 16.9 Å². The van der Waals surface area contributed by atoms with Crippen molar-refractivity contribution < 1.29 is 17.6 Å². The molecule has 0 radical (unpaired) electrons. The number of anilines is 1. The molecule has 7 nitrogen and oxygen atoms in total. The quantitative estimate of drug-likeness (QED) is 0.557. The maximum absolute atomic E-state index is 13.3. The van der Waals surface area contributed by atoms with Crippen molar-refractivity contribution in [3.63, 3.8) is 0 Å². The molecule has 0 saturated carbocycles. The number of piperidine rings is 1. The van der Waals surface area contributed by atoms with E-state index in [9.17, 15) is 17.6 Å². The standard InChI is InChI=1S/C23H27FN4O3S2/c1-4-33(30,31)27-11-9-17(10-12-27)22(29)26-23-25-21(14-32-23)20-13-15(2)28(16(20)3)19-7-5-18(24)6-8-19/h5-8,13-14,17H,4,9-12H2,1-3H3,(H,25,26,29). The Morgan fingerprint density at radius 1 is 1.21 bits per heavy atom. The molecule has 1 aliphatic rings. The molecule has 1 N–H and O–H groups in total. The monoisotopic (exact) mass is 490 g/mol. The minimum Gasteiger partial charge on any atom is -0.318 e. The Morgan fingerprint density at radius 3 is 2.52 bits per heavy atom. The van der Waals surface area contributed by atoms with Crippen molar-refractivity contribution in [3.8, 4) is 16.9 Å². The van der Waals surface area contributed by atoms with E-state index < -0.39 is 10.0 Å². The van der Waals surface area contributed by atoms with Crippen LogP contribution in [0.4, 0.5) is 9.52 Å². The van der Waals surface area contributed by atoms with Crippen LogP contribution in [-0.4, -0.2) is 47.0 Å². The normalized spacial score (nSPS) is 15.6. The van der Waals surface area contributed by atoms with Crippen molar-refractivity contribution in [1.82, 2.24) is 13.9 Å². The van der Waals surface area contributed by atoms with Gasteiger partial charge in [0, 0.05) is 47.0 Å². The summed E-state index contributed by atoms with van der Waals surface area (Å²) < 4.78 is 40.9. The lowest BCUT2D eigenvalue weighted by Gasteiger charge is -2.30. The van der Waals surface area contributed by atoms with Gasteiger partial charge in [-0.1, -0.05) is 0 Å². The summed E-state index contributed by atoms with van der Waals surface area (Å²) in [4.78, 5) is 17.3. The Balaban J connectivity index is 1.45. The molecule has 33 heavy (non-hydrogen) atoms. The predicted octanol–water partition coefficient (Wildman–Crippen LogP) is 4.36. The number of halogens is 1. The number of carbonyl (C=O) groups is 1. The van der Waals surface area contributed by atoms with Gasteiger partial charge >= 0.3 is 0 Å². The third-order valence-corrected chi connectivity index (χ3v) is 8.75. The third-order valence-electron chi connectivity index (χ3n) is 6.11. The van der Waals surface area contributed by atoms with Crippen LogP contribution in [0, 0.1) is 25.6 Å². The van der Waals surface area contributed by atoms with Crippen LogP contribution < -0.4 is 5.32 Å². The fourth-order valence-corrected chi connectivity index (χ4v) is 6.10. The minimum atomic E-state index is -3.21. The molecule has 1 amide bonds. The van der Waals surface area contributed by atoms with Crippen LogP contribution in [0.5, 0.6) is 0 Å².